The molecule has 116 valence electrons. The number of amides is 2. The van der Waals surface area contributed by atoms with Gasteiger partial charge in [-0.15, -0.1) is 21.5 Å². The molecule has 0 spiro atoms. The average molecular weight is 316 g/mol. The van der Waals surface area contributed by atoms with Crippen LogP contribution in [0.15, 0.2) is 18.2 Å². The second-order valence-electron chi connectivity index (χ2n) is 5.50. The first-order chi connectivity index (χ1) is 10.7. The van der Waals surface area contributed by atoms with Crippen LogP contribution in [0.3, 0.4) is 0 Å². The van der Waals surface area contributed by atoms with Gasteiger partial charge in [0, 0.05) is 18.7 Å². The molecule has 1 heterocycles. The molecule has 0 fully saturated rings. The number of hydrogen-bond donors (Lipinski definition) is 2. The summed E-state index contributed by atoms with van der Waals surface area (Å²) in [5, 5.41) is 15.8. The topological polar surface area (TPSA) is 66.9 Å². The van der Waals surface area contributed by atoms with E-state index >= 15 is 0 Å². The van der Waals surface area contributed by atoms with Crippen molar-refractivity contribution in [2.75, 3.05) is 11.9 Å². The second-order valence-corrected chi connectivity index (χ2v) is 6.76. The third-order valence-electron chi connectivity index (χ3n) is 3.84. The number of carbonyl (C=O) groups excluding carboxylic acids is 1. The molecule has 0 atom stereocenters. The largest absolute Gasteiger partial charge is 0.337 e. The number of rotatable bonds is 4. The molecule has 5 nitrogen and oxygen atoms in total. The highest BCUT2D eigenvalue weighted by molar-refractivity contribution is 7.11. The number of benzene rings is 1. The molecular weight excluding hydrogens is 296 g/mol. The summed E-state index contributed by atoms with van der Waals surface area (Å²) in [6.45, 7) is 2.50. The van der Waals surface area contributed by atoms with Crippen LogP contribution in [0, 0.1) is 6.92 Å². The lowest BCUT2D eigenvalue weighted by Crippen LogP contribution is -2.31. The Labute approximate surface area is 134 Å². The van der Waals surface area contributed by atoms with E-state index < -0.39 is 0 Å². The van der Waals surface area contributed by atoms with E-state index in [-0.39, 0.29) is 6.03 Å². The van der Waals surface area contributed by atoms with E-state index in [1.165, 1.54) is 24.0 Å². The van der Waals surface area contributed by atoms with Crippen LogP contribution in [0.25, 0.3) is 0 Å². The minimum Gasteiger partial charge on any atom is -0.337 e. The molecule has 0 unspecified atom stereocenters. The van der Waals surface area contributed by atoms with Crippen LogP contribution in [0.5, 0.6) is 0 Å². The predicted octanol–water partition coefficient (Wildman–Crippen LogP) is 3.09. The fourth-order valence-corrected chi connectivity index (χ4v) is 3.49. The Morgan fingerprint density at radius 1 is 1.27 bits per heavy atom. The molecule has 6 heteroatoms. The number of fused-ring (bicyclic) bond motifs is 1. The third kappa shape index (κ3) is 3.62. The van der Waals surface area contributed by atoms with Crippen molar-refractivity contribution in [2.24, 2.45) is 0 Å². The molecule has 0 saturated heterocycles. The summed E-state index contributed by atoms with van der Waals surface area (Å²) in [5.41, 5.74) is 3.61. The Balaban J connectivity index is 1.53. The highest BCUT2D eigenvalue weighted by atomic mass is 32.1. The molecular formula is C16H20N4OS. The standard InChI is InChI=1S/C16H20N4OS/c1-11-19-20-15(22-11)9-10-17-16(21)18-14-8-4-6-12-5-2-3-7-13(12)14/h4,6,8H,2-3,5,7,9-10H2,1H3,(H2,17,18,21). The lowest BCUT2D eigenvalue weighted by molar-refractivity contribution is 0.252. The SMILES string of the molecule is Cc1nnc(CCNC(=O)Nc2cccc3c2CCCC3)s1. The van der Waals surface area contributed by atoms with E-state index in [1.54, 1.807) is 11.3 Å². The molecule has 2 aromatic rings. The van der Waals surface area contributed by atoms with Gasteiger partial charge in [-0.1, -0.05) is 12.1 Å². The van der Waals surface area contributed by atoms with Gasteiger partial charge in [-0.05, 0) is 49.8 Å². The van der Waals surface area contributed by atoms with Gasteiger partial charge in [-0.3, -0.25) is 0 Å². The Hall–Kier alpha value is -1.95. The maximum atomic E-state index is 12.0. The molecule has 2 N–H and O–H groups in total. The molecule has 0 radical (unpaired) electrons. The maximum absolute atomic E-state index is 12.0. The van der Waals surface area contributed by atoms with Crippen molar-refractivity contribution in [3.8, 4) is 0 Å². The Bertz CT molecular complexity index is 668. The lowest BCUT2D eigenvalue weighted by Gasteiger charge is -2.19. The number of aryl methyl sites for hydroxylation is 2. The van der Waals surface area contributed by atoms with Crippen LogP contribution < -0.4 is 10.6 Å². The third-order valence-corrected chi connectivity index (χ3v) is 4.73. The number of aromatic nitrogens is 2. The fraction of sp³-hybridized carbons (Fsp3) is 0.438. The highest BCUT2D eigenvalue weighted by Crippen LogP contribution is 2.27. The molecule has 0 bridgehead atoms. The molecule has 3 rings (SSSR count). The van der Waals surface area contributed by atoms with Gasteiger partial charge in [-0.2, -0.15) is 0 Å². The zero-order valence-corrected chi connectivity index (χ0v) is 13.5. The van der Waals surface area contributed by atoms with Crippen LogP contribution in [-0.2, 0) is 19.3 Å². The van der Waals surface area contributed by atoms with Crippen molar-refractivity contribution in [1.29, 1.82) is 0 Å². The zero-order chi connectivity index (χ0) is 15.4. The average Bonchev–Trinajstić information content (AvgIpc) is 2.93. The van der Waals surface area contributed by atoms with Gasteiger partial charge in [0.05, 0.1) is 0 Å². The number of carbonyl (C=O) groups is 1. The zero-order valence-electron chi connectivity index (χ0n) is 12.7. The number of urea groups is 1. The smallest absolute Gasteiger partial charge is 0.319 e. The van der Waals surface area contributed by atoms with Crippen molar-refractivity contribution in [3.05, 3.63) is 39.3 Å². The molecule has 0 aliphatic heterocycles. The number of nitrogens with zero attached hydrogens (tertiary/aromatic N) is 2. The van der Waals surface area contributed by atoms with Gasteiger partial charge in [0.15, 0.2) is 0 Å². The molecule has 1 aliphatic rings. The first kappa shape index (κ1) is 15.0. The van der Waals surface area contributed by atoms with Crippen molar-refractivity contribution in [1.82, 2.24) is 15.5 Å². The number of hydrogen-bond acceptors (Lipinski definition) is 4. The minimum absolute atomic E-state index is 0.153. The van der Waals surface area contributed by atoms with Crippen LogP contribution in [0.2, 0.25) is 0 Å². The van der Waals surface area contributed by atoms with Crippen molar-refractivity contribution < 1.29 is 4.79 Å². The van der Waals surface area contributed by atoms with E-state index in [0.29, 0.717) is 13.0 Å². The van der Waals surface area contributed by atoms with Crippen molar-refractivity contribution in [2.45, 2.75) is 39.0 Å². The van der Waals surface area contributed by atoms with Crippen LogP contribution >= 0.6 is 11.3 Å². The summed E-state index contributed by atoms with van der Waals surface area (Å²) in [6, 6.07) is 6.01. The molecule has 0 saturated carbocycles. The lowest BCUT2D eigenvalue weighted by atomic mass is 9.90. The van der Waals surface area contributed by atoms with E-state index in [2.05, 4.69) is 26.9 Å². The number of nitrogens with one attached hydrogen (secondary N) is 2. The summed E-state index contributed by atoms with van der Waals surface area (Å²) in [7, 11) is 0. The summed E-state index contributed by atoms with van der Waals surface area (Å²) in [6.07, 6.45) is 5.32. The van der Waals surface area contributed by atoms with Gasteiger partial charge in [-0.25, -0.2) is 4.79 Å². The van der Waals surface area contributed by atoms with Gasteiger partial charge < -0.3 is 10.6 Å². The first-order valence-corrected chi connectivity index (χ1v) is 8.48. The van der Waals surface area contributed by atoms with Gasteiger partial charge in [0.1, 0.15) is 10.0 Å². The van der Waals surface area contributed by atoms with Gasteiger partial charge in [0.2, 0.25) is 0 Å². The molecule has 2 amide bonds. The quantitative estimate of drug-likeness (QED) is 0.911. The fourth-order valence-electron chi connectivity index (χ4n) is 2.79. The summed E-state index contributed by atoms with van der Waals surface area (Å²) >= 11 is 1.57. The van der Waals surface area contributed by atoms with Gasteiger partial charge >= 0.3 is 6.03 Å². The first-order valence-electron chi connectivity index (χ1n) is 7.67. The van der Waals surface area contributed by atoms with E-state index in [0.717, 1.165) is 28.5 Å². The van der Waals surface area contributed by atoms with E-state index in [1.807, 2.05) is 19.1 Å². The monoisotopic (exact) mass is 316 g/mol. The molecule has 1 aromatic carbocycles. The van der Waals surface area contributed by atoms with Crippen LogP contribution in [0.1, 0.15) is 34.0 Å². The Morgan fingerprint density at radius 3 is 2.95 bits per heavy atom. The maximum Gasteiger partial charge on any atom is 0.319 e. The summed E-state index contributed by atoms with van der Waals surface area (Å²) < 4.78 is 0. The highest BCUT2D eigenvalue weighted by Gasteiger charge is 2.14. The molecule has 22 heavy (non-hydrogen) atoms. The van der Waals surface area contributed by atoms with Crippen molar-refractivity contribution in [3.63, 3.8) is 0 Å². The Morgan fingerprint density at radius 2 is 2.14 bits per heavy atom. The van der Waals surface area contributed by atoms with E-state index in [4.69, 9.17) is 0 Å². The molecule has 1 aliphatic carbocycles. The normalized spacial score (nSPS) is 13.5. The second kappa shape index (κ2) is 6.87. The van der Waals surface area contributed by atoms with Crippen molar-refractivity contribution >= 4 is 23.1 Å². The number of anilines is 1. The van der Waals surface area contributed by atoms with Crippen LogP contribution in [-0.4, -0.2) is 22.8 Å². The summed E-state index contributed by atoms with van der Waals surface area (Å²) in [4.78, 5) is 12.0. The van der Waals surface area contributed by atoms with E-state index in [9.17, 15) is 4.79 Å². The molecule has 1 aromatic heterocycles. The Kier molecular flexibility index (Phi) is 4.68. The minimum atomic E-state index is -0.153. The summed E-state index contributed by atoms with van der Waals surface area (Å²) in [5.74, 6) is 0. The van der Waals surface area contributed by atoms with Gasteiger partial charge in [0.25, 0.3) is 0 Å². The van der Waals surface area contributed by atoms with Crippen LogP contribution in [0.4, 0.5) is 10.5 Å². The predicted molar refractivity (Wildman–Crippen MR) is 88.5 cm³/mol.